The Bertz CT molecular complexity index is 1380. The number of aliphatic hydroxyl groups excluding tert-OH is 1. The minimum absolute atomic E-state index is 0.00427. The maximum absolute atomic E-state index is 13.6. The second kappa shape index (κ2) is 10.3. The van der Waals surface area contributed by atoms with Gasteiger partial charge in [0.25, 0.3) is 5.56 Å². The molecule has 0 aliphatic carbocycles. The summed E-state index contributed by atoms with van der Waals surface area (Å²) in [5.74, 6) is -0.269. The third kappa shape index (κ3) is 4.85. The second-order valence-electron chi connectivity index (χ2n) is 8.34. The molecule has 0 aliphatic heterocycles. The fourth-order valence-electron chi connectivity index (χ4n) is 3.96. The number of hydrogen-bond acceptors (Lipinski definition) is 6. The van der Waals surface area contributed by atoms with Gasteiger partial charge in [-0.3, -0.25) is 18.7 Å². The van der Waals surface area contributed by atoms with Crippen LogP contribution in [0.1, 0.15) is 58.1 Å². The molecule has 176 valence electrons. The van der Waals surface area contributed by atoms with Gasteiger partial charge in [0.15, 0.2) is 0 Å². The maximum Gasteiger partial charge on any atom is 0.331 e. The smallest absolute Gasteiger partial charge is 0.331 e. The molecule has 3 aromatic rings. The molecule has 0 saturated carbocycles. The first-order chi connectivity index (χ1) is 16.2. The molecule has 0 atom stereocenters. The van der Waals surface area contributed by atoms with Crippen molar-refractivity contribution < 1.29 is 14.6 Å². The first-order valence-electron chi connectivity index (χ1n) is 10.9. The Labute approximate surface area is 197 Å². The molecular weight excluding hydrogens is 434 g/mol. The minimum Gasteiger partial charge on any atom is -0.497 e. The predicted octanol–water partition coefficient (Wildman–Crippen LogP) is 2.59. The van der Waals surface area contributed by atoms with Gasteiger partial charge in [0.2, 0.25) is 5.78 Å². The Kier molecular flexibility index (Phi) is 7.49. The van der Waals surface area contributed by atoms with Gasteiger partial charge in [-0.05, 0) is 54.3 Å². The SMILES string of the molecule is COc1ccc(Cn2c(=O)c(C(C)C)c(C(=O)c3cc(C)cc(C#N)c3)n(CCO)c2=O)cc1. The summed E-state index contributed by atoms with van der Waals surface area (Å²) in [6.45, 7) is 4.76. The van der Waals surface area contributed by atoms with Crippen LogP contribution in [0, 0.1) is 18.3 Å². The van der Waals surface area contributed by atoms with Crippen LogP contribution in [-0.4, -0.2) is 33.7 Å². The maximum atomic E-state index is 13.6. The van der Waals surface area contributed by atoms with Crippen molar-refractivity contribution in [1.82, 2.24) is 9.13 Å². The molecule has 1 heterocycles. The predicted molar refractivity (Wildman–Crippen MR) is 128 cm³/mol. The van der Waals surface area contributed by atoms with Crippen LogP contribution in [0.3, 0.4) is 0 Å². The molecule has 0 spiro atoms. The molecule has 1 N–H and O–H groups in total. The Morgan fingerprint density at radius 3 is 2.35 bits per heavy atom. The van der Waals surface area contributed by atoms with E-state index in [0.717, 1.165) is 9.13 Å². The van der Waals surface area contributed by atoms with E-state index in [-0.39, 0.29) is 35.8 Å². The van der Waals surface area contributed by atoms with E-state index >= 15 is 0 Å². The third-order valence-corrected chi connectivity index (χ3v) is 5.55. The number of benzene rings is 2. The molecule has 3 rings (SSSR count). The second-order valence-corrected chi connectivity index (χ2v) is 8.34. The summed E-state index contributed by atoms with van der Waals surface area (Å²) >= 11 is 0. The lowest BCUT2D eigenvalue weighted by Gasteiger charge is -2.20. The molecule has 34 heavy (non-hydrogen) atoms. The summed E-state index contributed by atoms with van der Waals surface area (Å²) in [5.41, 5.74) is 0.817. The third-order valence-electron chi connectivity index (χ3n) is 5.55. The number of nitrogens with zero attached hydrogens (tertiary/aromatic N) is 3. The van der Waals surface area contributed by atoms with Crippen molar-refractivity contribution in [3.63, 3.8) is 0 Å². The number of carbonyl (C=O) groups excluding carboxylic acids is 1. The zero-order chi connectivity index (χ0) is 25.0. The zero-order valence-electron chi connectivity index (χ0n) is 19.7. The summed E-state index contributed by atoms with van der Waals surface area (Å²) in [5, 5.41) is 19.0. The van der Waals surface area contributed by atoms with Gasteiger partial charge in [-0.25, -0.2) is 4.79 Å². The highest BCUT2D eigenvalue weighted by atomic mass is 16.5. The molecule has 0 radical (unpaired) electrons. The Morgan fingerprint density at radius 2 is 1.79 bits per heavy atom. The number of ether oxygens (including phenoxy) is 1. The number of hydrogen-bond donors (Lipinski definition) is 1. The number of methoxy groups -OCH3 is 1. The van der Waals surface area contributed by atoms with E-state index in [0.29, 0.717) is 22.4 Å². The molecule has 2 aromatic carbocycles. The van der Waals surface area contributed by atoms with Crippen LogP contribution in [0.25, 0.3) is 0 Å². The highest BCUT2D eigenvalue weighted by molar-refractivity contribution is 6.09. The molecule has 1 aromatic heterocycles. The molecule has 0 aliphatic rings. The number of carbonyl (C=O) groups is 1. The summed E-state index contributed by atoms with van der Waals surface area (Å²) in [4.78, 5) is 40.6. The Balaban J connectivity index is 2.27. The summed E-state index contributed by atoms with van der Waals surface area (Å²) in [6, 6.07) is 13.7. The molecule has 0 bridgehead atoms. The number of rotatable bonds is 8. The van der Waals surface area contributed by atoms with Crippen LogP contribution in [0.5, 0.6) is 5.75 Å². The van der Waals surface area contributed by atoms with Crippen molar-refractivity contribution in [2.45, 2.75) is 39.8 Å². The number of nitriles is 1. The van der Waals surface area contributed by atoms with Crippen molar-refractivity contribution in [2.75, 3.05) is 13.7 Å². The first-order valence-corrected chi connectivity index (χ1v) is 10.9. The van der Waals surface area contributed by atoms with Crippen molar-refractivity contribution in [3.05, 3.63) is 96.8 Å². The Morgan fingerprint density at radius 1 is 1.12 bits per heavy atom. The number of aryl methyl sites for hydroxylation is 1. The topological polar surface area (TPSA) is 114 Å². The average Bonchev–Trinajstić information content (AvgIpc) is 2.82. The number of aliphatic hydroxyl groups is 1. The largest absolute Gasteiger partial charge is 0.497 e. The average molecular weight is 462 g/mol. The fourth-order valence-corrected chi connectivity index (χ4v) is 3.96. The zero-order valence-corrected chi connectivity index (χ0v) is 19.7. The van der Waals surface area contributed by atoms with Crippen LogP contribution in [0.15, 0.2) is 52.1 Å². The van der Waals surface area contributed by atoms with E-state index in [2.05, 4.69) is 0 Å². The lowest BCUT2D eigenvalue weighted by atomic mass is 9.95. The van der Waals surface area contributed by atoms with E-state index in [1.54, 1.807) is 64.3 Å². The standard InChI is InChI=1S/C26H27N3O5/c1-16(2)22-23(24(31)20-12-17(3)11-19(13-20)14-27)28(9-10-30)26(33)29(25(22)32)15-18-5-7-21(34-4)8-6-18/h5-8,11-13,16,30H,9-10,15H2,1-4H3. The van der Waals surface area contributed by atoms with Crippen LogP contribution in [-0.2, 0) is 13.1 Å². The van der Waals surface area contributed by atoms with E-state index in [9.17, 15) is 24.8 Å². The van der Waals surface area contributed by atoms with Gasteiger partial charge in [-0.2, -0.15) is 5.26 Å². The lowest BCUT2D eigenvalue weighted by Crippen LogP contribution is -2.45. The Hall–Kier alpha value is -3.96. The molecule has 8 nitrogen and oxygen atoms in total. The number of aromatic nitrogens is 2. The normalized spacial score (nSPS) is 10.9. The van der Waals surface area contributed by atoms with Crippen molar-refractivity contribution in [1.29, 1.82) is 5.26 Å². The van der Waals surface area contributed by atoms with Crippen molar-refractivity contribution in [2.24, 2.45) is 0 Å². The summed E-state index contributed by atoms with van der Waals surface area (Å²) in [6.07, 6.45) is 0. The fraction of sp³-hybridized carbons (Fsp3) is 0.308. The van der Waals surface area contributed by atoms with Crippen LogP contribution >= 0.6 is 0 Å². The van der Waals surface area contributed by atoms with Gasteiger partial charge in [0.05, 0.1) is 38.4 Å². The lowest BCUT2D eigenvalue weighted by molar-refractivity contribution is 0.102. The van der Waals surface area contributed by atoms with Gasteiger partial charge in [-0.15, -0.1) is 0 Å². The van der Waals surface area contributed by atoms with E-state index in [4.69, 9.17) is 4.74 Å². The first kappa shape index (κ1) is 24.7. The molecular formula is C26H27N3O5. The molecule has 8 heteroatoms. The summed E-state index contributed by atoms with van der Waals surface area (Å²) < 4.78 is 7.41. The van der Waals surface area contributed by atoms with E-state index in [1.165, 1.54) is 6.07 Å². The minimum atomic E-state index is -0.684. The van der Waals surface area contributed by atoms with Crippen molar-refractivity contribution >= 4 is 5.78 Å². The van der Waals surface area contributed by atoms with Gasteiger partial charge in [-0.1, -0.05) is 26.0 Å². The van der Waals surface area contributed by atoms with Crippen LogP contribution in [0.4, 0.5) is 0 Å². The van der Waals surface area contributed by atoms with Gasteiger partial charge < -0.3 is 9.84 Å². The van der Waals surface area contributed by atoms with Gasteiger partial charge >= 0.3 is 5.69 Å². The van der Waals surface area contributed by atoms with Gasteiger partial charge in [0, 0.05) is 11.1 Å². The molecule has 0 unspecified atom stereocenters. The summed E-state index contributed by atoms with van der Waals surface area (Å²) in [7, 11) is 1.55. The molecule has 0 fully saturated rings. The molecule has 0 amide bonds. The van der Waals surface area contributed by atoms with Gasteiger partial charge in [0.1, 0.15) is 11.4 Å². The van der Waals surface area contributed by atoms with E-state index < -0.39 is 23.6 Å². The van der Waals surface area contributed by atoms with Crippen molar-refractivity contribution in [3.8, 4) is 11.8 Å². The van der Waals surface area contributed by atoms with Crippen LogP contribution in [0.2, 0.25) is 0 Å². The quantitative estimate of drug-likeness (QED) is 0.516. The molecule has 0 saturated heterocycles. The van der Waals surface area contributed by atoms with E-state index in [1.807, 2.05) is 6.07 Å². The highest BCUT2D eigenvalue weighted by Gasteiger charge is 2.27. The van der Waals surface area contributed by atoms with Crippen LogP contribution < -0.4 is 16.0 Å². The monoisotopic (exact) mass is 461 g/mol. The highest BCUT2D eigenvalue weighted by Crippen LogP contribution is 2.21. The number of ketones is 1.